The van der Waals surface area contributed by atoms with Gasteiger partial charge in [0.05, 0.1) is 5.69 Å². The van der Waals surface area contributed by atoms with Crippen LogP contribution in [-0.2, 0) is 6.18 Å². The third-order valence-corrected chi connectivity index (χ3v) is 3.21. The minimum atomic E-state index is -4.51. The van der Waals surface area contributed by atoms with Crippen LogP contribution in [0.2, 0.25) is 5.02 Å². The molecule has 7 heteroatoms. The van der Waals surface area contributed by atoms with Crippen molar-refractivity contribution >= 4 is 23.4 Å². The highest BCUT2D eigenvalue weighted by molar-refractivity contribution is 7.98. The van der Waals surface area contributed by atoms with Gasteiger partial charge in [0, 0.05) is 10.6 Å². The van der Waals surface area contributed by atoms with E-state index < -0.39 is 11.9 Å². The number of aromatic nitrogens is 2. The summed E-state index contributed by atoms with van der Waals surface area (Å²) < 4.78 is 38.3. The van der Waals surface area contributed by atoms with Crippen LogP contribution < -0.4 is 0 Å². The van der Waals surface area contributed by atoms with Crippen molar-refractivity contribution in [1.82, 2.24) is 9.97 Å². The Kier molecular flexibility index (Phi) is 4.01. The number of benzene rings is 1. The Morgan fingerprint density at radius 3 is 2.42 bits per heavy atom. The fraction of sp³-hybridized carbons (Fsp3) is 0.167. The van der Waals surface area contributed by atoms with Crippen LogP contribution >= 0.6 is 23.4 Å². The molecule has 0 aliphatic heterocycles. The van der Waals surface area contributed by atoms with Gasteiger partial charge in [0.1, 0.15) is 5.69 Å². The molecule has 1 aromatic heterocycles. The lowest BCUT2D eigenvalue weighted by Crippen LogP contribution is -2.10. The molecule has 19 heavy (non-hydrogen) atoms. The molecule has 2 aromatic rings. The SMILES string of the molecule is CSc1nc(-c2ccccc2Cl)cc(C(F)(F)F)n1. The number of nitrogens with zero attached hydrogens (tertiary/aromatic N) is 2. The number of alkyl halides is 3. The van der Waals surface area contributed by atoms with Gasteiger partial charge in [-0.05, 0) is 18.4 Å². The van der Waals surface area contributed by atoms with Crippen molar-refractivity contribution in [2.75, 3.05) is 6.26 Å². The van der Waals surface area contributed by atoms with E-state index in [9.17, 15) is 13.2 Å². The quantitative estimate of drug-likeness (QED) is 0.602. The van der Waals surface area contributed by atoms with Crippen molar-refractivity contribution in [1.29, 1.82) is 0 Å². The molecular weight excluding hydrogens is 297 g/mol. The van der Waals surface area contributed by atoms with E-state index in [4.69, 9.17) is 11.6 Å². The highest BCUT2D eigenvalue weighted by atomic mass is 35.5. The Bertz CT molecular complexity index is 602. The molecule has 0 saturated heterocycles. The van der Waals surface area contributed by atoms with E-state index in [1.165, 1.54) is 0 Å². The standard InChI is InChI=1S/C12H8ClF3N2S/c1-19-11-17-9(6-10(18-11)12(14,15)16)7-4-2-3-5-8(7)13/h2-6H,1H3. The maximum atomic E-state index is 12.8. The first-order valence-electron chi connectivity index (χ1n) is 5.17. The molecule has 0 saturated carbocycles. The molecule has 0 atom stereocenters. The minimum absolute atomic E-state index is 0.0599. The molecule has 0 bridgehead atoms. The number of rotatable bonds is 2. The highest BCUT2D eigenvalue weighted by Crippen LogP contribution is 2.33. The van der Waals surface area contributed by atoms with E-state index in [-0.39, 0.29) is 10.9 Å². The van der Waals surface area contributed by atoms with E-state index in [1.54, 1.807) is 30.5 Å². The van der Waals surface area contributed by atoms with Gasteiger partial charge in [-0.25, -0.2) is 9.97 Å². The molecule has 0 spiro atoms. The maximum absolute atomic E-state index is 12.8. The van der Waals surface area contributed by atoms with Gasteiger partial charge in [0.2, 0.25) is 0 Å². The Labute approximate surface area is 117 Å². The van der Waals surface area contributed by atoms with Crippen LogP contribution in [0.4, 0.5) is 13.2 Å². The molecule has 1 aromatic carbocycles. The van der Waals surface area contributed by atoms with Gasteiger partial charge in [-0.2, -0.15) is 13.2 Å². The first-order valence-corrected chi connectivity index (χ1v) is 6.77. The van der Waals surface area contributed by atoms with Gasteiger partial charge in [-0.3, -0.25) is 0 Å². The first-order chi connectivity index (χ1) is 8.91. The zero-order chi connectivity index (χ0) is 14.0. The van der Waals surface area contributed by atoms with E-state index in [2.05, 4.69) is 9.97 Å². The fourth-order valence-electron chi connectivity index (χ4n) is 1.47. The lowest BCUT2D eigenvalue weighted by atomic mass is 10.1. The normalized spacial score (nSPS) is 11.6. The molecule has 0 aliphatic rings. The summed E-state index contributed by atoms with van der Waals surface area (Å²) in [6.45, 7) is 0. The second-order valence-corrected chi connectivity index (χ2v) is 4.78. The monoisotopic (exact) mass is 304 g/mol. The van der Waals surface area contributed by atoms with Gasteiger partial charge >= 0.3 is 6.18 Å². The largest absolute Gasteiger partial charge is 0.433 e. The van der Waals surface area contributed by atoms with Crippen LogP contribution in [0.15, 0.2) is 35.5 Å². The predicted octanol–water partition coefficient (Wildman–Crippen LogP) is 4.54. The van der Waals surface area contributed by atoms with Gasteiger partial charge in [-0.1, -0.05) is 41.6 Å². The van der Waals surface area contributed by atoms with Crippen molar-refractivity contribution in [3.63, 3.8) is 0 Å². The number of halogens is 4. The topological polar surface area (TPSA) is 25.8 Å². The van der Waals surface area contributed by atoms with Crippen LogP contribution in [0.1, 0.15) is 5.69 Å². The summed E-state index contributed by atoms with van der Waals surface area (Å²) in [5.41, 5.74) is -0.355. The smallest absolute Gasteiger partial charge is 0.222 e. The zero-order valence-electron chi connectivity index (χ0n) is 9.70. The minimum Gasteiger partial charge on any atom is -0.222 e. The van der Waals surface area contributed by atoms with E-state index in [0.29, 0.717) is 10.6 Å². The van der Waals surface area contributed by atoms with Crippen LogP contribution in [0.5, 0.6) is 0 Å². The summed E-state index contributed by atoms with van der Waals surface area (Å²) in [5.74, 6) is 0. The molecule has 0 radical (unpaired) electrons. The maximum Gasteiger partial charge on any atom is 0.433 e. The van der Waals surface area contributed by atoms with E-state index in [0.717, 1.165) is 17.8 Å². The summed E-state index contributed by atoms with van der Waals surface area (Å²) in [6.07, 6.45) is -2.89. The summed E-state index contributed by atoms with van der Waals surface area (Å²) in [5, 5.41) is 0.408. The van der Waals surface area contributed by atoms with Crippen LogP contribution in [0, 0.1) is 0 Å². The lowest BCUT2D eigenvalue weighted by Gasteiger charge is -2.10. The lowest BCUT2D eigenvalue weighted by molar-refractivity contribution is -0.141. The molecule has 1 heterocycles. The molecule has 0 aliphatic carbocycles. The van der Waals surface area contributed by atoms with Gasteiger partial charge in [0.25, 0.3) is 0 Å². The second-order valence-electron chi connectivity index (χ2n) is 3.60. The molecule has 0 N–H and O–H groups in total. The molecular formula is C12H8ClF3N2S. The van der Waals surface area contributed by atoms with E-state index in [1.807, 2.05) is 0 Å². The third-order valence-electron chi connectivity index (χ3n) is 2.33. The highest BCUT2D eigenvalue weighted by Gasteiger charge is 2.33. The van der Waals surface area contributed by atoms with Crippen LogP contribution in [-0.4, -0.2) is 16.2 Å². The Morgan fingerprint density at radius 2 is 1.84 bits per heavy atom. The van der Waals surface area contributed by atoms with Crippen molar-refractivity contribution in [2.45, 2.75) is 11.3 Å². The molecule has 2 nitrogen and oxygen atoms in total. The van der Waals surface area contributed by atoms with Gasteiger partial charge in [0.15, 0.2) is 5.16 Å². The van der Waals surface area contributed by atoms with Gasteiger partial charge in [-0.15, -0.1) is 0 Å². The predicted molar refractivity (Wildman–Crippen MR) is 69.3 cm³/mol. The van der Waals surface area contributed by atoms with Crippen molar-refractivity contribution in [3.05, 3.63) is 41.0 Å². The van der Waals surface area contributed by atoms with Crippen LogP contribution in [0.3, 0.4) is 0 Å². The summed E-state index contributed by atoms with van der Waals surface area (Å²) in [7, 11) is 0. The summed E-state index contributed by atoms with van der Waals surface area (Å²) in [4.78, 5) is 7.53. The molecule has 2 rings (SSSR count). The summed E-state index contributed by atoms with van der Waals surface area (Å²) >= 11 is 7.02. The number of hydrogen-bond donors (Lipinski definition) is 0. The molecule has 100 valence electrons. The van der Waals surface area contributed by atoms with Crippen molar-refractivity contribution in [3.8, 4) is 11.3 Å². The fourth-order valence-corrected chi connectivity index (χ4v) is 2.08. The summed E-state index contributed by atoms with van der Waals surface area (Å²) in [6, 6.07) is 7.52. The van der Waals surface area contributed by atoms with Crippen molar-refractivity contribution < 1.29 is 13.2 Å². The Morgan fingerprint density at radius 1 is 1.16 bits per heavy atom. The molecule has 0 unspecified atom stereocenters. The first kappa shape index (κ1) is 14.1. The van der Waals surface area contributed by atoms with Crippen molar-refractivity contribution in [2.24, 2.45) is 0 Å². The average Bonchev–Trinajstić information content (AvgIpc) is 2.37. The average molecular weight is 305 g/mol. The van der Waals surface area contributed by atoms with E-state index >= 15 is 0 Å². The third kappa shape index (κ3) is 3.19. The number of hydrogen-bond acceptors (Lipinski definition) is 3. The number of thioether (sulfide) groups is 1. The Hall–Kier alpha value is -1.27. The second kappa shape index (κ2) is 5.38. The molecule has 0 amide bonds. The zero-order valence-corrected chi connectivity index (χ0v) is 11.3. The molecule has 0 fully saturated rings. The van der Waals surface area contributed by atoms with Crippen LogP contribution in [0.25, 0.3) is 11.3 Å². The Balaban J connectivity index is 2.61. The van der Waals surface area contributed by atoms with Gasteiger partial charge < -0.3 is 0 Å².